The molecule has 1 aromatic rings. The molecule has 0 radical (unpaired) electrons. The Morgan fingerprint density at radius 2 is 2.00 bits per heavy atom. The van der Waals surface area contributed by atoms with Crippen LogP contribution in [0.15, 0.2) is 35.9 Å². The van der Waals surface area contributed by atoms with Crippen LogP contribution >= 0.6 is 0 Å². The van der Waals surface area contributed by atoms with Crippen LogP contribution in [0.5, 0.6) is 0 Å². The second-order valence-corrected chi connectivity index (χ2v) is 5.24. The lowest BCUT2D eigenvalue weighted by atomic mass is 9.93. The van der Waals surface area contributed by atoms with E-state index < -0.39 is 0 Å². The number of nitrogens with zero attached hydrogens (tertiary/aromatic N) is 2. The van der Waals surface area contributed by atoms with Crippen molar-refractivity contribution in [3.05, 3.63) is 37.1 Å². The highest BCUT2D eigenvalue weighted by Gasteiger charge is 2.21. The van der Waals surface area contributed by atoms with Crippen LogP contribution in [0.2, 0.25) is 0 Å². The highest BCUT2D eigenvalue weighted by atomic mass is 16.5. The van der Waals surface area contributed by atoms with Gasteiger partial charge >= 0.3 is 6.03 Å². The zero-order chi connectivity index (χ0) is 14.5. The molecule has 1 N–H and O–H groups in total. The van der Waals surface area contributed by atoms with E-state index in [-0.39, 0.29) is 11.4 Å². The van der Waals surface area contributed by atoms with Crippen molar-refractivity contribution < 1.29 is 9.32 Å². The van der Waals surface area contributed by atoms with Gasteiger partial charge < -0.3 is 9.42 Å². The standard InChI is InChI=1S/C14H21N3O2/c1-6-8-17(9-7-2)13(18)15-12-10-11(19-16-12)14(3,4)5/h6-7,10H,1-2,8-9H2,3-5H3,(H,15,16,18). The number of urea groups is 1. The van der Waals surface area contributed by atoms with Crippen molar-refractivity contribution >= 4 is 11.8 Å². The van der Waals surface area contributed by atoms with E-state index >= 15 is 0 Å². The Morgan fingerprint density at radius 3 is 2.42 bits per heavy atom. The Bertz CT molecular complexity index is 448. The van der Waals surface area contributed by atoms with Gasteiger partial charge in [0.05, 0.1) is 0 Å². The van der Waals surface area contributed by atoms with Crippen molar-refractivity contribution in [1.29, 1.82) is 0 Å². The average Bonchev–Trinajstić information content (AvgIpc) is 2.77. The highest BCUT2D eigenvalue weighted by Crippen LogP contribution is 2.24. The molecule has 0 saturated carbocycles. The first-order chi connectivity index (χ1) is 8.88. The van der Waals surface area contributed by atoms with Crippen molar-refractivity contribution in [3.8, 4) is 0 Å². The van der Waals surface area contributed by atoms with Gasteiger partial charge in [-0.2, -0.15) is 0 Å². The minimum absolute atomic E-state index is 0.141. The fourth-order valence-corrected chi connectivity index (χ4v) is 1.43. The van der Waals surface area contributed by atoms with Gasteiger partial charge in [-0.15, -0.1) is 13.2 Å². The van der Waals surface area contributed by atoms with E-state index in [9.17, 15) is 4.79 Å². The van der Waals surface area contributed by atoms with Crippen LogP contribution in [0.3, 0.4) is 0 Å². The maximum Gasteiger partial charge on any atom is 0.323 e. The van der Waals surface area contributed by atoms with E-state index in [0.717, 1.165) is 5.76 Å². The number of rotatable bonds is 5. The summed E-state index contributed by atoms with van der Waals surface area (Å²) in [6.45, 7) is 14.2. The Hall–Kier alpha value is -2.04. The third-order valence-electron chi connectivity index (χ3n) is 2.47. The molecular weight excluding hydrogens is 242 g/mol. The predicted octanol–water partition coefficient (Wildman–Crippen LogP) is 3.18. The first kappa shape index (κ1) is 15.0. The van der Waals surface area contributed by atoms with E-state index in [1.807, 2.05) is 20.8 Å². The molecule has 0 aliphatic rings. The van der Waals surface area contributed by atoms with E-state index in [2.05, 4.69) is 23.6 Å². The van der Waals surface area contributed by atoms with Crippen molar-refractivity contribution in [2.75, 3.05) is 18.4 Å². The third kappa shape index (κ3) is 4.28. The normalized spacial score (nSPS) is 10.9. The van der Waals surface area contributed by atoms with Crippen molar-refractivity contribution in [1.82, 2.24) is 10.1 Å². The summed E-state index contributed by atoms with van der Waals surface area (Å²) >= 11 is 0. The fraction of sp³-hybridized carbons (Fsp3) is 0.429. The van der Waals surface area contributed by atoms with Crippen LogP contribution in [-0.4, -0.2) is 29.2 Å². The summed E-state index contributed by atoms with van der Waals surface area (Å²) < 4.78 is 5.21. The number of nitrogens with one attached hydrogen (secondary N) is 1. The van der Waals surface area contributed by atoms with Crippen LogP contribution in [0.25, 0.3) is 0 Å². The number of anilines is 1. The van der Waals surface area contributed by atoms with Crippen LogP contribution in [0, 0.1) is 0 Å². The van der Waals surface area contributed by atoms with Gasteiger partial charge in [0.15, 0.2) is 5.82 Å². The van der Waals surface area contributed by atoms with Crippen LogP contribution in [-0.2, 0) is 5.41 Å². The number of hydrogen-bond acceptors (Lipinski definition) is 3. The third-order valence-corrected chi connectivity index (χ3v) is 2.47. The number of carbonyl (C=O) groups is 1. The molecule has 0 fully saturated rings. The van der Waals surface area contributed by atoms with E-state index in [0.29, 0.717) is 18.9 Å². The van der Waals surface area contributed by atoms with Gasteiger partial charge in [-0.05, 0) is 0 Å². The first-order valence-corrected chi connectivity index (χ1v) is 6.13. The zero-order valence-electron chi connectivity index (χ0n) is 11.8. The Balaban J connectivity index is 2.72. The van der Waals surface area contributed by atoms with Crippen molar-refractivity contribution in [3.63, 3.8) is 0 Å². The lowest BCUT2D eigenvalue weighted by Crippen LogP contribution is -2.35. The lowest BCUT2D eigenvalue weighted by molar-refractivity contribution is 0.221. The summed E-state index contributed by atoms with van der Waals surface area (Å²) in [5.41, 5.74) is -0.141. The molecule has 19 heavy (non-hydrogen) atoms. The van der Waals surface area contributed by atoms with Gasteiger partial charge in [0.2, 0.25) is 0 Å². The molecule has 0 aromatic carbocycles. The van der Waals surface area contributed by atoms with Crippen LogP contribution < -0.4 is 5.32 Å². The number of aromatic nitrogens is 1. The molecule has 0 aliphatic carbocycles. The summed E-state index contributed by atoms with van der Waals surface area (Å²) in [5.74, 6) is 1.13. The Labute approximate surface area is 114 Å². The van der Waals surface area contributed by atoms with Gasteiger partial charge in [0.25, 0.3) is 0 Å². The van der Waals surface area contributed by atoms with Gasteiger partial charge in [-0.3, -0.25) is 5.32 Å². The maximum atomic E-state index is 12.0. The summed E-state index contributed by atoms with van der Waals surface area (Å²) in [5, 5.41) is 6.53. The first-order valence-electron chi connectivity index (χ1n) is 6.13. The van der Waals surface area contributed by atoms with E-state index in [1.54, 1.807) is 23.1 Å². The highest BCUT2D eigenvalue weighted by molar-refractivity contribution is 5.88. The summed E-state index contributed by atoms with van der Waals surface area (Å²) in [7, 11) is 0. The molecule has 1 rings (SSSR count). The molecule has 0 unspecified atom stereocenters. The van der Waals surface area contributed by atoms with Gasteiger partial charge in [0, 0.05) is 24.6 Å². The molecule has 1 heterocycles. The van der Waals surface area contributed by atoms with E-state index in [4.69, 9.17) is 4.52 Å². The zero-order valence-corrected chi connectivity index (χ0v) is 11.8. The Morgan fingerprint density at radius 1 is 1.42 bits per heavy atom. The van der Waals surface area contributed by atoms with Gasteiger partial charge in [0.1, 0.15) is 5.76 Å². The quantitative estimate of drug-likeness (QED) is 0.830. The average molecular weight is 263 g/mol. The molecule has 5 nitrogen and oxygen atoms in total. The minimum atomic E-state index is -0.256. The van der Waals surface area contributed by atoms with Gasteiger partial charge in [-0.1, -0.05) is 38.1 Å². The largest absolute Gasteiger partial charge is 0.359 e. The molecule has 2 amide bonds. The van der Waals surface area contributed by atoms with Gasteiger partial charge in [-0.25, -0.2) is 4.79 Å². The number of amides is 2. The molecule has 104 valence electrons. The molecule has 0 saturated heterocycles. The monoisotopic (exact) mass is 263 g/mol. The van der Waals surface area contributed by atoms with Crippen LogP contribution in [0.4, 0.5) is 10.6 Å². The maximum absolute atomic E-state index is 12.0. The van der Waals surface area contributed by atoms with Crippen molar-refractivity contribution in [2.24, 2.45) is 0 Å². The van der Waals surface area contributed by atoms with Crippen molar-refractivity contribution in [2.45, 2.75) is 26.2 Å². The SMILES string of the molecule is C=CCN(CC=C)C(=O)Nc1cc(C(C)(C)C)on1. The summed E-state index contributed by atoms with van der Waals surface area (Å²) in [4.78, 5) is 13.5. The minimum Gasteiger partial charge on any atom is -0.359 e. The second kappa shape index (κ2) is 6.22. The number of carbonyl (C=O) groups excluding carboxylic acids is 1. The molecular formula is C14H21N3O2. The lowest BCUT2D eigenvalue weighted by Gasteiger charge is -2.18. The predicted molar refractivity (Wildman–Crippen MR) is 76.2 cm³/mol. The topological polar surface area (TPSA) is 58.4 Å². The smallest absolute Gasteiger partial charge is 0.323 e. The molecule has 1 aromatic heterocycles. The second-order valence-electron chi connectivity index (χ2n) is 5.24. The summed E-state index contributed by atoms with van der Waals surface area (Å²) in [6, 6.07) is 1.48. The molecule has 0 aliphatic heterocycles. The van der Waals surface area contributed by atoms with E-state index in [1.165, 1.54) is 0 Å². The summed E-state index contributed by atoms with van der Waals surface area (Å²) in [6.07, 6.45) is 3.32. The molecule has 5 heteroatoms. The molecule has 0 bridgehead atoms. The molecule has 0 spiro atoms. The van der Waals surface area contributed by atoms with Crippen LogP contribution in [0.1, 0.15) is 26.5 Å². The molecule has 0 atom stereocenters. The number of hydrogen-bond donors (Lipinski definition) is 1. The fourth-order valence-electron chi connectivity index (χ4n) is 1.43. The Kier molecular flexibility index (Phi) is 4.92.